The minimum Gasteiger partial charge on any atom is -0.380 e. The second kappa shape index (κ2) is 9.05. The number of nitrogens with zero attached hydrogens (tertiary/aromatic N) is 1. The van der Waals surface area contributed by atoms with Gasteiger partial charge in [0.1, 0.15) is 5.82 Å². The molecule has 0 bridgehead atoms. The zero-order valence-corrected chi connectivity index (χ0v) is 15.6. The van der Waals surface area contributed by atoms with Crippen molar-refractivity contribution in [1.29, 1.82) is 0 Å². The average molecular weight is 374 g/mol. The fourth-order valence-electron chi connectivity index (χ4n) is 2.98. The van der Waals surface area contributed by atoms with Crippen LogP contribution in [-0.2, 0) is 10.5 Å². The average Bonchev–Trinajstić information content (AvgIpc) is 2.68. The Kier molecular flexibility index (Phi) is 6.52. The molecule has 0 aliphatic carbocycles. The van der Waals surface area contributed by atoms with Gasteiger partial charge < -0.3 is 15.0 Å². The number of carbonyl (C=O) groups excluding carboxylic acids is 1. The SMILES string of the molecule is COC1CCCN(C(=O)Nc2ccccc2SCc2ccccc2F)C1. The van der Waals surface area contributed by atoms with Crippen LogP contribution in [0.1, 0.15) is 18.4 Å². The number of para-hydroxylation sites is 1. The van der Waals surface area contributed by atoms with Gasteiger partial charge in [0.2, 0.25) is 0 Å². The number of nitrogens with one attached hydrogen (secondary N) is 1. The van der Waals surface area contributed by atoms with Gasteiger partial charge in [0, 0.05) is 30.8 Å². The molecule has 2 aromatic carbocycles. The topological polar surface area (TPSA) is 41.6 Å². The highest BCUT2D eigenvalue weighted by Gasteiger charge is 2.23. The van der Waals surface area contributed by atoms with Crippen LogP contribution in [0.15, 0.2) is 53.4 Å². The van der Waals surface area contributed by atoms with E-state index >= 15 is 0 Å². The number of thioether (sulfide) groups is 1. The first-order valence-electron chi connectivity index (χ1n) is 8.71. The lowest BCUT2D eigenvalue weighted by atomic mass is 10.1. The standard InChI is InChI=1S/C20H23FN2O2S/c1-25-16-8-6-12-23(13-16)20(24)22-18-10-4-5-11-19(18)26-14-15-7-2-3-9-17(15)21/h2-5,7,9-11,16H,6,8,12-14H2,1H3,(H,22,24). The summed E-state index contributed by atoms with van der Waals surface area (Å²) in [4.78, 5) is 15.3. The van der Waals surface area contributed by atoms with Crippen molar-refractivity contribution in [2.45, 2.75) is 29.6 Å². The molecule has 4 nitrogen and oxygen atoms in total. The summed E-state index contributed by atoms with van der Waals surface area (Å²) in [6, 6.07) is 14.3. The van der Waals surface area contributed by atoms with Crippen molar-refractivity contribution in [3.63, 3.8) is 0 Å². The number of ether oxygens (including phenoxy) is 1. The molecule has 1 unspecified atom stereocenters. The van der Waals surface area contributed by atoms with Crippen molar-refractivity contribution >= 4 is 23.5 Å². The Morgan fingerprint density at radius 2 is 2.04 bits per heavy atom. The van der Waals surface area contributed by atoms with Crippen LogP contribution in [0.4, 0.5) is 14.9 Å². The molecule has 1 aliphatic heterocycles. The van der Waals surface area contributed by atoms with Gasteiger partial charge in [-0.1, -0.05) is 30.3 Å². The number of methoxy groups -OCH3 is 1. The molecule has 1 atom stereocenters. The molecule has 0 aromatic heterocycles. The van der Waals surface area contributed by atoms with Crippen molar-refractivity contribution in [2.75, 3.05) is 25.5 Å². The van der Waals surface area contributed by atoms with Crippen LogP contribution in [-0.4, -0.2) is 37.2 Å². The van der Waals surface area contributed by atoms with Gasteiger partial charge in [0.15, 0.2) is 0 Å². The number of halogens is 1. The van der Waals surface area contributed by atoms with Crippen LogP contribution in [0.2, 0.25) is 0 Å². The Balaban J connectivity index is 1.65. The number of piperidine rings is 1. The van der Waals surface area contributed by atoms with Gasteiger partial charge in [-0.25, -0.2) is 9.18 Å². The van der Waals surface area contributed by atoms with Crippen LogP contribution in [0.5, 0.6) is 0 Å². The minimum absolute atomic E-state index is 0.0974. The molecular weight excluding hydrogens is 351 g/mol. The molecule has 26 heavy (non-hydrogen) atoms. The lowest BCUT2D eigenvalue weighted by molar-refractivity contribution is 0.0458. The van der Waals surface area contributed by atoms with Crippen molar-refractivity contribution < 1.29 is 13.9 Å². The molecule has 2 amide bonds. The summed E-state index contributed by atoms with van der Waals surface area (Å²) in [5, 5.41) is 2.99. The number of hydrogen-bond donors (Lipinski definition) is 1. The van der Waals surface area contributed by atoms with E-state index in [1.54, 1.807) is 24.1 Å². The maximum atomic E-state index is 13.8. The molecular formula is C20H23FN2O2S. The third-order valence-electron chi connectivity index (χ3n) is 4.47. The Morgan fingerprint density at radius 1 is 1.27 bits per heavy atom. The second-order valence-electron chi connectivity index (χ2n) is 6.25. The Labute approximate surface area is 157 Å². The normalized spacial score (nSPS) is 17.2. The summed E-state index contributed by atoms with van der Waals surface area (Å²) in [5.74, 6) is 0.301. The molecule has 1 aliphatic rings. The summed E-state index contributed by atoms with van der Waals surface area (Å²) in [7, 11) is 1.68. The molecule has 1 fully saturated rings. The quantitative estimate of drug-likeness (QED) is 0.767. The Hall–Kier alpha value is -2.05. The Morgan fingerprint density at radius 3 is 2.85 bits per heavy atom. The van der Waals surface area contributed by atoms with Crippen molar-refractivity contribution in [1.82, 2.24) is 4.90 Å². The highest BCUT2D eigenvalue weighted by atomic mass is 32.2. The summed E-state index contributed by atoms with van der Waals surface area (Å²) in [6.45, 7) is 1.34. The number of anilines is 1. The van der Waals surface area contributed by atoms with E-state index in [0.717, 1.165) is 30.0 Å². The van der Waals surface area contributed by atoms with Crippen molar-refractivity contribution in [3.8, 4) is 0 Å². The summed E-state index contributed by atoms with van der Waals surface area (Å²) < 4.78 is 19.2. The predicted molar refractivity (Wildman–Crippen MR) is 103 cm³/mol. The number of benzene rings is 2. The van der Waals surface area contributed by atoms with Gasteiger partial charge in [0.25, 0.3) is 0 Å². The van der Waals surface area contributed by atoms with E-state index < -0.39 is 0 Å². The van der Waals surface area contributed by atoms with Crippen LogP contribution in [0, 0.1) is 5.82 Å². The molecule has 0 spiro atoms. The first-order valence-corrected chi connectivity index (χ1v) is 9.70. The van der Waals surface area contributed by atoms with E-state index in [1.807, 2.05) is 30.3 Å². The summed E-state index contributed by atoms with van der Waals surface area (Å²) >= 11 is 1.51. The van der Waals surface area contributed by atoms with Crippen LogP contribution >= 0.6 is 11.8 Å². The largest absolute Gasteiger partial charge is 0.380 e. The molecule has 3 rings (SSSR count). The maximum Gasteiger partial charge on any atom is 0.321 e. The first kappa shape index (κ1) is 18.7. The zero-order chi connectivity index (χ0) is 18.4. The number of likely N-dealkylation sites (tertiary alicyclic amines) is 1. The van der Waals surface area contributed by atoms with E-state index in [4.69, 9.17) is 4.74 Å². The smallest absolute Gasteiger partial charge is 0.321 e. The van der Waals surface area contributed by atoms with Crippen LogP contribution in [0.25, 0.3) is 0 Å². The van der Waals surface area contributed by atoms with E-state index in [-0.39, 0.29) is 18.0 Å². The minimum atomic E-state index is -0.208. The molecule has 138 valence electrons. The van der Waals surface area contributed by atoms with Gasteiger partial charge in [-0.2, -0.15) is 0 Å². The van der Waals surface area contributed by atoms with E-state index in [2.05, 4.69) is 5.32 Å². The zero-order valence-electron chi connectivity index (χ0n) is 14.8. The van der Waals surface area contributed by atoms with Gasteiger partial charge in [0.05, 0.1) is 11.8 Å². The summed E-state index contributed by atoms with van der Waals surface area (Å²) in [6.07, 6.45) is 2.02. The molecule has 0 saturated carbocycles. The third-order valence-corrected chi connectivity index (χ3v) is 5.59. The second-order valence-corrected chi connectivity index (χ2v) is 7.27. The molecule has 2 aromatic rings. The van der Waals surface area contributed by atoms with Gasteiger partial charge in [-0.3, -0.25) is 0 Å². The van der Waals surface area contributed by atoms with E-state index in [1.165, 1.54) is 17.8 Å². The number of amides is 2. The van der Waals surface area contributed by atoms with Crippen molar-refractivity contribution in [3.05, 3.63) is 59.9 Å². The number of rotatable bonds is 5. The van der Waals surface area contributed by atoms with Gasteiger partial charge in [-0.05, 0) is 36.6 Å². The summed E-state index contributed by atoms with van der Waals surface area (Å²) in [5.41, 5.74) is 1.40. The fraction of sp³-hybridized carbons (Fsp3) is 0.350. The Bertz CT molecular complexity index is 756. The molecule has 6 heteroatoms. The van der Waals surface area contributed by atoms with Gasteiger partial charge >= 0.3 is 6.03 Å². The molecule has 0 radical (unpaired) electrons. The predicted octanol–water partition coefficient (Wildman–Crippen LogP) is 4.76. The number of hydrogen-bond acceptors (Lipinski definition) is 3. The first-order chi connectivity index (χ1) is 12.7. The molecule has 1 N–H and O–H groups in total. The molecule has 1 saturated heterocycles. The van der Waals surface area contributed by atoms with E-state index in [9.17, 15) is 9.18 Å². The van der Waals surface area contributed by atoms with Crippen LogP contribution < -0.4 is 5.32 Å². The van der Waals surface area contributed by atoms with E-state index in [0.29, 0.717) is 17.9 Å². The fourth-order valence-corrected chi connectivity index (χ4v) is 3.97. The van der Waals surface area contributed by atoms with Crippen LogP contribution in [0.3, 0.4) is 0 Å². The monoisotopic (exact) mass is 374 g/mol. The van der Waals surface area contributed by atoms with Crippen molar-refractivity contribution in [2.24, 2.45) is 0 Å². The highest BCUT2D eigenvalue weighted by Crippen LogP contribution is 2.30. The number of urea groups is 1. The third kappa shape index (κ3) is 4.77. The highest BCUT2D eigenvalue weighted by molar-refractivity contribution is 7.98. The lowest BCUT2D eigenvalue weighted by Gasteiger charge is -2.32. The lowest BCUT2D eigenvalue weighted by Crippen LogP contribution is -2.44. The molecule has 1 heterocycles. The van der Waals surface area contributed by atoms with Gasteiger partial charge in [-0.15, -0.1) is 11.8 Å². The number of carbonyl (C=O) groups is 1. The maximum absolute atomic E-state index is 13.8.